The smallest absolute Gasteiger partial charge is 0.344 e. The Morgan fingerprint density at radius 3 is 2.28 bits per heavy atom. The molecule has 0 spiro atoms. The van der Waals surface area contributed by atoms with Gasteiger partial charge in [-0.25, -0.2) is 12.8 Å². The normalized spacial score (nSPS) is 13.4. The predicted molar refractivity (Wildman–Crippen MR) is 101 cm³/mol. The second kappa shape index (κ2) is 8.31. The summed E-state index contributed by atoms with van der Waals surface area (Å²) in [5.41, 5.74) is -0.475. The first-order valence-corrected chi connectivity index (χ1v) is 10.2. The van der Waals surface area contributed by atoms with E-state index < -0.39 is 48.9 Å². The molecule has 0 saturated carbocycles. The summed E-state index contributed by atoms with van der Waals surface area (Å²) in [6.45, 7) is 0.613. The van der Waals surface area contributed by atoms with Gasteiger partial charge in [0, 0.05) is 13.2 Å². The Morgan fingerprint density at radius 2 is 1.72 bits per heavy atom. The van der Waals surface area contributed by atoms with Gasteiger partial charge < -0.3 is 9.88 Å². The maximum atomic E-state index is 13.4. The van der Waals surface area contributed by atoms with Crippen molar-refractivity contribution in [3.63, 3.8) is 0 Å². The molecule has 2 aromatic rings. The molecule has 0 fully saturated rings. The molecule has 1 aromatic heterocycles. The van der Waals surface area contributed by atoms with Gasteiger partial charge in [0.1, 0.15) is 22.4 Å². The third-order valence-electron chi connectivity index (χ3n) is 3.70. The second-order valence-electron chi connectivity index (χ2n) is 5.83. The van der Waals surface area contributed by atoms with E-state index in [4.69, 9.17) is 34.8 Å². The first-order chi connectivity index (χ1) is 13.2. The number of benzene rings is 1. The van der Waals surface area contributed by atoms with Crippen molar-refractivity contribution in [3.05, 3.63) is 44.9 Å². The van der Waals surface area contributed by atoms with E-state index in [9.17, 15) is 30.8 Å². The number of carbonyl (C=O) groups is 1. The van der Waals surface area contributed by atoms with Crippen molar-refractivity contribution >= 4 is 56.4 Å². The lowest BCUT2D eigenvalue weighted by atomic mass is 10.3. The van der Waals surface area contributed by atoms with Gasteiger partial charge >= 0.3 is 6.18 Å². The minimum absolute atomic E-state index is 0.0893. The van der Waals surface area contributed by atoms with Crippen molar-refractivity contribution in [1.29, 1.82) is 0 Å². The first kappa shape index (κ1) is 23.7. The monoisotopic (exact) mass is 495 g/mol. The Kier molecular flexibility index (Phi) is 6.80. The fourth-order valence-corrected chi connectivity index (χ4v) is 4.48. The molecule has 1 aromatic carbocycles. The molecule has 0 aliphatic rings. The summed E-state index contributed by atoms with van der Waals surface area (Å²) >= 11 is 17.5. The highest BCUT2D eigenvalue weighted by atomic mass is 35.5. The number of carbonyl (C=O) groups excluding carboxylic acids is 1. The van der Waals surface area contributed by atoms with E-state index in [1.54, 1.807) is 0 Å². The molecular formula is C15H12Cl3F4N3O3S. The fourth-order valence-electron chi connectivity index (χ4n) is 2.18. The van der Waals surface area contributed by atoms with Crippen molar-refractivity contribution in [2.24, 2.45) is 7.05 Å². The van der Waals surface area contributed by atoms with Crippen LogP contribution in [0, 0.1) is 5.82 Å². The van der Waals surface area contributed by atoms with Crippen LogP contribution in [-0.2, 0) is 17.1 Å². The number of hydrogen-bond acceptors (Lipinski definition) is 3. The number of rotatable bonds is 5. The van der Waals surface area contributed by atoms with Gasteiger partial charge in [-0.3, -0.25) is 4.79 Å². The van der Waals surface area contributed by atoms with Gasteiger partial charge in [0.25, 0.3) is 5.91 Å². The Morgan fingerprint density at radius 1 is 1.14 bits per heavy atom. The quantitative estimate of drug-likeness (QED) is 0.469. The highest BCUT2D eigenvalue weighted by Gasteiger charge is 2.40. The number of nitrogens with zero attached hydrogens (tertiary/aromatic N) is 1. The van der Waals surface area contributed by atoms with Crippen LogP contribution >= 0.6 is 34.8 Å². The van der Waals surface area contributed by atoms with Crippen LogP contribution in [0.5, 0.6) is 0 Å². The number of anilines is 1. The zero-order chi connectivity index (χ0) is 22.3. The Bertz CT molecular complexity index is 1070. The lowest BCUT2D eigenvalue weighted by Crippen LogP contribution is -2.42. The summed E-state index contributed by atoms with van der Waals surface area (Å²) in [5.74, 6) is -1.78. The molecule has 1 amide bonds. The average molecular weight is 497 g/mol. The van der Waals surface area contributed by atoms with Crippen LogP contribution in [0.3, 0.4) is 0 Å². The number of nitrogens with one attached hydrogen (secondary N) is 2. The molecule has 0 bridgehead atoms. The van der Waals surface area contributed by atoms with Crippen molar-refractivity contribution in [2.45, 2.75) is 24.0 Å². The SMILES string of the molecule is CC(NS(=O)(=O)c1cn(C)c(C(=O)Nc2ccc(F)c(Cl)c2Cl)c1Cl)C(F)(F)F. The zero-order valence-corrected chi connectivity index (χ0v) is 17.6. The van der Waals surface area contributed by atoms with Crippen LogP contribution in [-0.4, -0.2) is 31.1 Å². The highest BCUT2D eigenvalue weighted by molar-refractivity contribution is 7.89. The Hall–Kier alpha value is -1.53. The van der Waals surface area contributed by atoms with E-state index in [1.807, 2.05) is 0 Å². The highest BCUT2D eigenvalue weighted by Crippen LogP contribution is 2.34. The third kappa shape index (κ3) is 4.97. The van der Waals surface area contributed by atoms with E-state index in [2.05, 4.69) is 5.32 Å². The van der Waals surface area contributed by atoms with Crippen LogP contribution in [0.25, 0.3) is 0 Å². The molecule has 0 radical (unpaired) electrons. The van der Waals surface area contributed by atoms with Crippen LogP contribution < -0.4 is 10.0 Å². The minimum atomic E-state index is -4.83. The molecular weight excluding hydrogens is 485 g/mol. The summed E-state index contributed by atoms with van der Waals surface area (Å²) < 4.78 is 78.4. The van der Waals surface area contributed by atoms with E-state index in [1.165, 1.54) is 11.8 Å². The summed E-state index contributed by atoms with van der Waals surface area (Å²) in [6.07, 6.45) is -3.95. The molecule has 1 unspecified atom stereocenters. The maximum Gasteiger partial charge on any atom is 0.404 e. The third-order valence-corrected chi connectivity index (χ3v) is 6.60. The van der Waals surface area contributed by atoms with Gasteiger partial charge in [0.05, 0.1) is 20.8 Å². The molecule has 2 rings (SSSR count). The van der Waals surface area contributed by atoms with Crippen molar-refractivity contribution < 1.29 is 30.8 Å². The molecule has 160 valence electrons. The molecule has 6 nitrogen and oxygen atoms in total. The van der Waals surface area contributed by atoms with Gasteiger partial charge in [0.15, 0.2) is 0 Å². The molecule has 14 heteroatoms. The summed E-state index contributed by atoms with van der Waals surface area (Å²) in [5, 5.41) is 0.914. The molecule has 29 heavy (non-hydrogen) atoms. The standard InChI is InChI=1S/C15H12Cl3F4N3O3S/c1-6(15(20,21)22)24-29(27,28)9-5-25(2)13(12(9)18)14(26)23-8-4-3-7(19)10(16)11(8)17/h3-6,24H,1-2H3,(H,23,26). The van der Waals surface area contributed by atoms with Crippen molar-refractivity contribution in [2.75, 3.05) is 5.32 Å². The molecule has 0 aliphatic heterocycles. The minimum Gasteiger partial charge on any atom is -0.344 e. The Balaban J connectivity index is 2.39. The molecule has 2 N–H and O–H groups in total. The average Bonchev–Trinajstić information content (AvgIpc) is 2.89. The number of aryl methyl sites for hydroxylation is 1. The van der Waals surface area contributed by atoms with Crippen LogP contribution in [0.2, 0.25) is 15.1 Å². The molecule has 1 heterocycles. The van der Waals surface area contributed by atoms with Gasteiger partial charge in [-0.2, -0.15) is 17.9 Å². The lowest BCUT2D eigenvalue weighted by molar-refractivity contribution is -0.147. The first-order valence-electron chi connectivity index (χ1n) is 7.55. The second-order valence-corrected chi connectivity index (χ2v) is 8.64. The zero-order valence-electron chi connectivity index (χ0n) is 14.5. The summed E-state index contributed by atoms with van der Waals surface area (Å²) in [4.78, 5) is 11.8. The van der Waals surface area contributed by atoms with Gasteiger partial charge in [-0.15, -0.1) is 0 Å². The van der Waals surface area contributed by atoms with Crippen molar-refractivity contribution in [1.82, 2.24) is 9.29 Å². The molecule has 0 aliphatic carbocycles. The van der Waals surface area contributed by atoms with E-state index in [0.29, 0.717) is 6.92 Å². The van der Waals surface area contributed by atoms with E-state index in [0.717, 1.165) is 22.9 Å². The largest absolute Gasteiger partial charge is 0.404 e. The topological polar surface area (TPSA) is 80.2 Å². The fraction of sp³-hybridized carbons (Fsp3) is 0.267. The molecule has 1 atom stereocenters. The van der Waals surface area contributed by atoms with Gasteiger partial charge in [-0.05, 0) is 19.1 Å². The van der Waals surface area contributed by atoms with Crippen LogP contribution in [0.1, 0.15) is 17.4 Å². The maximum absolute atomic E-state index is 13.4. The summed E-state index contributed by atoms with van der Waals surface area (Å²) in [6, 6.07) is -0.335. The lowest BCUT2D eigenvalue weighted by Gasteiger charge is -2.16. The van der Waals surface area contributed by atoms with Crippen molar-refractivity contribution in [3.8, 4) is 0 Å². The number of amides is 1. The number of halogens is 7. The van der Waals surface area contributed by atoms with E-state index in [-0.39, 0.29) is 16.4 Å². The molecule has 0 saturated heterocycles. The van der Waals surface area contributed by atoms with E-state index >= 15 is 0 Å². The van der Waals surface area contributed by atoms with Gasteiger partial charge in [0.2, 0.25) is 10.0 Å². The number of alkyl halides is 3. The number of hydrogen-bond donors (Lipinski definition) is 2. The van der Waals surface area contributed by atoms with Crippen LogP contribution in [0.15, 0.2) is 23.2 Å². The van der Waals surface area contributed by atoms with Crippen LogP contribution in [0.4, 0.5) is 23.2 Å². The predicted octanol–water partition coefficient (Wildman–Crippen LogP) is 4.61. The number of sulfonamides is 1. The Labute approximate surface area is 177 Å². The van der Waals surface area contributed by atoms with Gasteiger partial charge in [-0.1, -0.05) is 34.8 Å². The summed E-state index contributed by atoms with van der Waals surface area (Å²) in [7, 11) is -3.45. The number of aromatic nitrogens is 1.